The van der Waals surface area contributed by atoms with E-state index in [0.29, 0.717) is 21.2 Å². The lowest BCUT2D eigenvalue weighted by atomic mass is 10.0. The first-order valence-electron chi connectivity index (χ1n) is 8.13. The van der Waals surface area contributed by atoms with Crippen molar-refractivity contribution in [1.29, 1.82) is 0 Å². The largest absolute Gasteiger partial charge is 0.503 e. The quantitative estimate of drug-likeness (QED) is 0.379. The molecule has 28 heavy (non-hydrogen) atoms. The van der Waals surface area contributed by atoms with Gasteiger partial charge in [0.05, 0.1) is 35.2 Å². The second-order valence-electron chi connectivity index (χ2n) is 6.13. The van der Waals surface area contributed by atoms with Gasteiger partial charge < -0.3 is 20.3 Å². The minimum Gasteiger partial charge on any atom is -0.503 e. The summed E-state index contributed by atoms with van der Waals surface area (Å²) in [6, 6.07) is 9.15. The van der Waals surface area contributed by atoms with Gasteiger partial charge in [0.25, 0.3) is 0 Å². The number of rotatable bonds is 4. The highest BCUT2D eigenvalue weighted by Gasteiger charge is 2.28. The van der Waals surface area contributed by atoms with Gasteiger partial charge in [-0.3, -0.25) is 9.36 Å². The summed E-state index contributed by atoms with van der Waals surface area (Å²) < 4.78 is 16.4. The van der Waals surface area contributed by atoms with Crippen molar-refractivity contribution in [2.24, 2.45) is 0 Å². The number of aromatic nitrogens is 3. The molecule has 2 aromatic heterocycles. The van der Waals surface area contributed by atoms with Crippen LogP contribution in [0.5, 0.6) is 11.6 Å². The summed E-state index contributed by atoms with van der Waals surface area (Å²) in [4.78, 5) is 18.4. The Balaban J connectivity index is 2.07. The molecule has 0 aliphatic carbocycles. The van der Waals surface area contributed by atoms with Crippen LogP contribution in [0.15, 0.2) is 47.2 Å². The first-order valence-corrected chi connectivity index (χ1v) is 8.92. The average Bonchev–Trinajstić information content (AvgIpc) is 3.21. The first kappa shape index (κ1) is 18.1. The van der Waals surface area contributed by atoms with Crippen LogP contribution in [0.4, 0.5) is 4.39 Å². The third kappa shape index (κ3) is 2.89. The molecule has 2 aromatic carbocycles. The lowest BCUT2D eigenvalue weighted by Gasteiger charge is -2.13. The molecule has 0 radical (unpaired) electrons. The standard InChI is InChI=1S/C19H13BrFN3O4/c20-9-1-3-13(21)11(5-9)17-12(7-16(25)26)18(27)19(28)24(17)10-2-4-14-15(6-10)23-8-22-14/h1-6,8,27-28H,7H2,(H,22,23)(H,25,26). The molecule has 0 aliphatic rings. The SMILES string of the molecule is O=C(O)Cc1c(O)c(O)n(-c2ccc3nc[nH]c3c2)c1-c1cc(Br)ccc1F. The fourth-order valence-electron chi connectivity index (χ4n) is 3.19. The van der Waals surface area contributed by atoms with Crippen molar-refractivity contribution in [3.63, 3.8) is 0 Å². The van der Waals surface area contributed by atoms with E-state index in [4.69, 9.17) is 0 Å². The van der Waals surface area contributed by atoms with E-state index in [2.05, 4.69) is 25.9 Å². The number of aromatic amines is 1. The van der Waals surface area contributed by atoms with Crippen LogP contribution >= 0.6 is 15.9 Å². The van der Waals surface area contributed by atoms with Gasteiger partial charge in [0.15, 0.2) is 5.75 Å². The molecule has 7 nitrogen and oxygen atoms in total. The van der Waals surface area contributed by atoms with Gasteiger partial charge in [-0.05, 0) is 36.4 Å². The predicted octanol–water partition coefficient (Wildman–Crippen LogP) is 3.96. The van der Waals surface area contributed by atoms with Gasteiger partial charge in [0.1, 0.15) is 5.82 Å². The van der Waals surface area contributed by atoms with Crippen molar-refractivity contribution in [2.45, 2.75) is 6.42 Å². The number of carboxylic acids is 1. The highest BCUT2D eigenvalue weighted by molar-refractivity contribution is 9.10. The van der Waals surface area contributed by atoms with Gasteiger partial charge in [-0.1, -0.05) is 15.9 Å². The van der Waals surface area contributed by atoms with Gasteiger partial charge in [-0.2, -0.15) is 0 Å². The number of hydrogen-bond donors (Lipinski definition) is 4. The average molecular weight is 446 g/mol. The molecule has 0 fully saturated rings. The monoisotopic (exact) mass is 445 g/mol. The molecule has 4 aromatic rings. The van der Waals surface area contributed by atoms with Gasteiger partial charge in [-0.15, -0.1) is 0 Å². The number of imidazole rings is 1. The normalized spacial score (nSPS) is 11.2. The van der Waals surface area contributed by atoms with Crippen LogP contribution in [0, 0.1) is 5.82 Å². The van der Waals surface area contributed by atoms with Crippen LogP contribution in [0.2, 0.25) is 0 Å². The molecule has 0 unspecified atom stereocenters. The highest BCUT2D eigenvalue weighted by Crippen LogP contribution is 2.44. The van der Waals surface area contributed by atoms with Gasteiger partial charge in [0, 0.05) is 15.6 Å². The molecule has 0 spiro atoms. The van der Waals surface area contributed by atoms with E-state index in [1.807, 2.05) is 0 Å². The summed E-state index contributed by atoms with van der Waals surface area (Å²) in [6.07, 6.45) is 0.909. The van der Waals surface area contributed by atoms with Gasteiger partial charge in [-0.25, -0.2) is 9.37 Å². The molecule has 0 saturated heterocycles. The maximum Gasteiger partial charge on any atom is 0.308 e. The molecule has 0 aliphatic heterocycles. The summed E-state index contributed by atoms with van der Waals surface area (Å²) in [5.74, 6) is -3.05. The van der Waals surface area contributed by atoms with Crippen molar-refractivity contribution in [1.82, 2.24) is 14.5 Å². The predicted molar refractivity (Wildman–Crippen MR) is 103 cm³/mol. The lowest BCUT2D eigenvalue weighted by Crippen LogP contribution is -2.04. The lowest BCUT2D eigenvalue weighted by molar-refractivity contribution is -0.136. The minimum atomic E-state index is -1.23. The zero-order valence-electron chi connectivity index (χ0n) is 14.1. The van der Waals surface area contributed by atoms with E-state index in [1.165, 1.54) is 29.1 Å². The molecule has 4 N–H and O–H groups in total. The van der Waals surface area contributed by atoms with E-state index in [0.717, 1.165) is 0 Å². The molecule has 0 amide bonds. The van der Waals surface area contributed by atoms with E-state index in [9.17, 15) is 24.5 Å². The molecule has 0 atom stereocenters. The number of hydrogen-bond acceptors (Lipinski definition) is 4. The number of benzene rings is 2. The maximum atomic E-state index is 14.7. The molecule has 2 heterocycles. The van der Waals surface area contributed by atoms with Crippen molar-refractivity contribution >= 4 is 32.9 Å². The summed E-state index contributed by atoms with van der Waals surface area (Å²) in [5, 5.41) is 30.2. The molecular weight excluding hydrogens is 433 g/mol. The zero-order valence-corrected chi connectivity index (χ0v) is 15.7. The Morgan fingerprint density at radius 1 is 1.21 bits per heavy atom. The molecule has 0 saturated carbocycles. The Bertz CT molecular complexity index is 1230. The van der Waals surface area contributed by atoms with Crippen LogP contribution in [0.25, 0.3) is 28.0 Å². The molecule has 4 rings (SSSR count). The number of nitrogens with zero attached hydrogens (tertiary/aromatic N) is 2. The van der Waals surface area contributed by atoms with Crippen LogP contribution in [-0.2, 0) is 11.2 Å². The first-order chi connectivity index (χ1) is 13.4. The van der Waals surface area contributed by atoms with Crippen molar-refractivity contribution in [2.75, 3.05) is 0 Å². The summed E-state index contributed by atoms with van der Waals surface area (Å²) in [6.45, 7) is 0. The smallest absolute Gasteiger partial charge is 0.308 e. The van der Waals surface area contributed by atoms with Crippen molar-refractivity contribution in [3.05, 3.63) is 58.6 Å². The van der Waals surface area contributed by atoms with E-state index >= 15 is 0 Å². The number of fused-ring (bicyclic) bond motifs is 1. The Morgan fingerprint density at radius 3 is 2.75 bits per heavy atom. The van der Waals surface area contributed by atoms with Crippen LogP contribution in [0.3, 0.4) is 0 Å². The topological polar surface area (TPSA) is 111 Å². The van der Waals surface area contributed by atoms with Gasteiger partial charge >= 0.3 is 5.97 Å². The number of carbonyl (C=O) groups is 1. The van der Waals surface area contributed by atoms with E-state index in [1.54, 1.807) is 18.2 Å². The maximum absolute atomic E-state index is 14.7. The number of H-pyrrole nitrogens is 1. The Kier molecular flexibility index (Phi) is 4.31. The Morgan fingerprint density at radius 2 is 2.00 bits per heavy atom. The molecule has 9 heteroatoms. The molecular formula is C19H13BrFN3O4. The van der Waals surface area contributed by atoms with Crippen LogP contribution in [0.1, 0.15) is 5.56 Å². The summed E-state index contributed by atoms with van der Waals surface area (Å²) in [5.41, 5.74) is 1.73. The fourth-order valence-corrected chi connectivity index (χ4v) is 3.55. The minimum absolute atomic E-state index is 0.0333. The number of nitrogens with one attached hydrogen (secondary N) is 1. The second kappa shape index (κ2) is 6.68. The molecule has 142 valence electrons. The third-order valence-electron chi connectivity index (χ3n) is 4.39. The number of halogens is 2. The number of carboxylic acid groups (broad SMARTS) is 1. The summed E-state index contributed by atoms with van der Waals surface area (Å²) in [7, 11) is 0. The Hall–Kier alpha value is -3.33. The third-order valence-corrected chi connectivity index (χ3v) is 4.89. The number of aromatic hydroxyl groups is 2. The fraction of sp³-hybridized carbons (Fsp3) is 0.0526. The number of aliphatic carboxylic acids is 1. The summed E-state index contributed by atoms with van der Waals surface area (Å²) >= 11 is 3.27. The molecule has 0 bridgehead atoms. The highest BCUT2D eigenvalue weighted by atomic mass is 79.9. The van der Waals surface area contributed by atoms with Crippen molar-refractivity contribution < 1.29 is 24.5 Å². The van der Waals surface area contributed by atoms with E-state index in [-0.39, 0.29) is 16.8 Å². The zero-order chi connectivity index (χ0) is 20.0. The Labute approximate surface area is 165 Å². The van der Waals surface area contributed by atoms with Crippen molar-refractivity contribution in [3.8, 4) is 28.6 Å². The van der Waals surface area contributed by atoms with Gasteiger partial charge in [0.2, 0.25) is 5.88 Å². The van der Waals surface area contributed by atoms with E-state index < -0.39 is 29.8 Å². The van der Waals surface area contributed by atoms with Crippen LogP contribution < -0.4 is 0 Å². The van der Waals surface area contributed by atoms with Crippen LogP contribution in [-0.4, -0.2) is 35.8 Å². The second-order valence-corrected chi connectivity index (χ2v) is 7.05.